The summed E-state index contributed by atoms with van der Waals surface area (Å²) in [7, 11) is 0. The van der Waals surface area contributed by atoms with Crippen molar-refractivity contribution in [3.05, 3.63) is 28.5 Å². The highest BCUT2D eigenvalue weighted by Gasteiger charge is 2.49. The van der Waals surface area contributed by atoms with Crippen molar-refractivity contribution in [3.8, 4) is 0 Å². The first-order valence-corrected chi connectivity index (χ1v) is 9.53. The molecule has 0 spiro atoms. The van der Waals surface area contributed by atoms with E-state index in [2.05, 4.69) is 38.1 Å². The summed E-state index contributed by atoms with van der Waals surface area (Å²) in [6.07, 6.45) is 8.98. The lowest BCUT2D eigenvalue weighted by Crippen LogP contribution is -2.56. The third-order valence-electron chi connectivity index (χ3n) is 5.43. The Hall–Kier alpha value is -1.43. The molecule has 1 saturated carbocycles. The Kier molecular flexibility index (Phi) is 5.23. The van der Waals surface area contributed by atoms with E-state index in [9.17, 15) is 9.59 Å². The van der Waals surface area contributed by atoms with Gasteiger partial charge >= 0.3 is 0 Å². The van der Waals surface area contributed by atoms with Crippen molar-refractivity contribution in [2.75, 3.05) is 13.1 Å². The Bertz CT molecular complexity index is 636. The minimum absolute atomic E-state index is 0.0399. The van der Waals surface area contributed by atoms with Crippen LogP contribution in [-0.2, 0) is 4.79 Å². The van der Waals surface area contributed by atoms with Crippen LogP contribution in [0.25, 0.3) is 0 Å². The van der Waals surface area contributed by atoms with Gasteiger partial charge in [0.15, 0.2) is 0 Å². The predicted molar refractivity (Wildman–Crippen MR) is 95.6 cm³/mol. The fraction of sp³-hybridized carbons (Fsp3) is 0.611. The molecule has 1 aromatic rings. The Morgan fingerprint density at radius 2 is 2.29 bits per heavy atom. The van der Waals surface area contributed by atoms with Gasteiger partial charge in [-0.3, -0.25) is 14.6 Å². The number of halogens is 1. The molecule has 1 aliphatic heterocycles. The summed E-state index contributed by atoms with van der Waals surface area (Å²) in [5.41, 5.74) is 0.602. The lowest BCUT2D eigenvalue weighted by atomic mass is 9.74. The highest BCUT2D eigenvalue weighted by atomic mass is 79.9. The number of carbonyl (C=O) groups is 2. The molecule has 2 amide bonds. The van der Waals surface area contributed by atoms with E-state index in [4.69, 9.17) is 0 Å². The second-order valence-corrected chi connectivity index (χ2v) is 7.85. The molecule has 0 aromatic carbocycles. The van der Waals surface area contributed by atoms with Crippen molar-refractivity contribution >= 4 is 27.7 Å². The van der Waals surface area contributed by atoms with Gasteiger partial charge in [0, 0.05) is 47.8 Å². The average Bonchev–Trinajstić information content (AvgIpc) is 3.00. The van der Waals surface area contributed by atoms with Crippen molar-refractivity contribution in [1.29, 1.82) is 0 Å². The van der Waals surface area contributed by atoms with Gasteiger partial charge in [0.2, 0.25) is 5.91 Å². The largest absolute Gasteiger partial charge is 0.351 e. The van der Waals surface area contributed by atoms with Crippen LogP contribution in [0.4, 0.5) is 0 Å². The molecule has 1 N–H and O–H groups in total. The number of pyridine rings is 1. The van der Waals surface area contributed by atoms with E-state index < -0.39 is 0 Å². The van der Waals surface area contributed by atoms with Crippen LogP contribution in [0, 0.1) is 5.41 Å². The van der Waals surface area contributed by atoms with Gasteiger partial charge in [-0.25, -0.2) is 0 Å². The number of nitrogens with zero attached hydrogens (tertiary/aromatic N) is 2. The normalized spacial score (nSPS) is 26.3. The molecule has 130 valence electrons. The Balaban J connectivity index is 1.71. The number of carbonyl (C=O) groups excluding carboxylic acids is 2. The van der Waals surface area contributed by atoms with Gasteiger partial charge in [-0.15, -0.1) is 0 Å². The number of likely N-dealkylation sites (tertiary alicyclic amines) is 1. The number of rotatable bonds is 5. The molecule has 1 saturated heterocycles. The maximum atomic E-state index is 12.4. The number of aromatic nitrogens is 1. The molecule has 2 aliphatic rings. The zero-order valence-electron chi connectivity index (χ0n) is 14.1. The Morgan fingerprint density at radius 1 is 1.46 bits per heavy atom. The number of nitrogens with one attached hydrogen (secondary N) is 1. The second kappa shape index (κ2) is 7.21. The zero-order chi connectivity index (χ0) is 17.2. The maximum absolute atomic E-state index is 12.4. The number of piperidine rings is 1. The highest BCUT2D eigenvalue weighted by Crippen LogP contribution is 2.47. The van der Waals surface area contributed by atoms with Crippen LogP contribution in [-0.4, -0.2) is 40.8 Å². The third-order valence-corrected chi connectivity index (χ3v) is 5.86. The van der Waals surface area contributed by atoms with E-state index in [1.807, 2.05) is 0 Å². The molecule has 24 heavy (non-hydrogen) atoms. The van der Waals surface area contributed by atoms with E-state index in [1.54, 1.807) is 18.5 Å². The van der Waals surface area contributed by atoms with Crippen molar-refractivity contribution in [3.63, 3.8) is 0 Å². The highest BCUT2D eigenvalue weighted by molar-refractivity contribution is 9.10. The average molecular weight is 394 g/mol. The summed E-state index contributed by atoms with van der Waals surface area (Å²) >= 11 is 3.35. The summed E-state index contributed by atoms with van der Waals surface area (Å²) in [5, 5.41) is 3.10. The topological polar surface area (TPSA) is 62.3 Å². The van der Waals surface area contributed by atoms with Gasteiger partial charge in [-0.2, -0.15) is 0 Å². The quantitative estimate of drug-likeness (QED) is 0.835. The molecule has 2 fully saturated rings. The maximum Gasteiger partial charge on any atom is 0.252 e. The van der Waals surface area contributed by atoms with E-state index in [0.29, 0.717) is 18.5 Å². The van der Waals surface area contributed by atoms with Crippen LogP contribution in [0.15, 0.2) is 22.9 Å². The number of fused-ring (bicyclic) bond motifs is 1. The molecule has 1 aromatic heterocycles. The summed E-state index contributed by atoms with van der Waals surface area (Å²) < 4.78 is 0.796. The monoisotopic (exact) mass is 393 g/mol. The predicted octanol–water partition coefficient (Wildman–Crippen LogP) is 3.15. The molecule has 0 radical (unpaired) electrons. The Labute approximate surface area is 151 Å². The minimum Gasteiger partial charge on any atom is -0.351 e. The van der Waals surface area contributed by atoms with E-state index in [-0.39, 0.29) is 23.3 Å². The van der Waals surface area contributed by atoms with E-state index >= 15 is 0 Å². The van der Waals surface area contributed by atoms with Crippen LogP contribution in [0.3, 0.4) is 0 Å². The van der Waals surface area contributed by atoms with Gasteiger partial charge in [0.25, 0.3) is 5.91 Å². The number of amides is 2. The van der Waals surface area contributed by atoms with Crippen molar-refractivity contribution in [1.82, 2.24) is 15.2 Å². The van der Waals surface area contributed by atoms with Crippen molar-refractivity contribution in [2.45, 2.75) is 51.5 Å². The number of hydrogen-bond acceptors (Lipinski definition) is 3. The van der Waals surface area contributed by atoms with E-state index in [1.165, 1.54) is 0 Å². The molecule has 2 heterocycles. The van der Waals surface area contributed by atoms with Crippen molar-refractivity contribution < 1.29 is 9.59 Å². The second-order valence-electron chi connectivity index (χ2n) is 6.93. The standard InChI is InChI=1S/C18H24BrN3O2/c1-2-8-22-15-4-3-6-18(15,7-5-16(22)23)12-21-17(24)13-9-14(19)11-20-10-13/h9-11,15H,2-8,12H2,1H3,(H,21,24)/t15-,18+/m1/s1. The Morgan fingerprint density at radius 3 is 3.04 bits per heavy atom. The van der Waals surface area contributed by atoms with Crippen LogP contribution in [0.5, 0.6) is 0 Å². The molecule has 5 nitrogen and oxygen atoms in total. The van der Waals surface area contributed by atoms with E-state index in [0.717, 1.165) is 43.1 Å². The lowest BCUT2D eigenvalue weighted by molar-refractivity contribution is -0.141. The number of hydrogen-bond donors (Lipinski definition) is 1. The zero-order valence-corrected chi connectivity index (χ0v) is 15.6. The SMILES string of the molecule is CCCN1C(=O)CC[C@]2(CNC(=O)c3cncc(Br)c3)CCC[C@@H]12. The van der Waals surface area contributed by atoms with Gasteiger partial charge < -0.3 is 10.2 Å². The first-order valence-electron chi connectivity index (χ1n) is 8.74. The first kappa shape index (κ1) is 17.4. The van der Waals surface area contributed by atoms with Crippen LogP contribution < -0.4 is 5.32 Å². The van der Waals surface area contributed by atoms with Gasteiger partial charge in [-0.05, 0) is 47.7 Å². The molecular weight excluding hydrogens is 370 g/mol. The summed E-state index contributed by atoms with van der Waals surface area (Å²) in [6, 6.07) is 2.06. The van der Waals surface area contributed by atoms with Crippen molar-refractivity contribution in [2.24, 2.45) is 5.41 Å². The fourth-order valence-corrected chi connectivity index (χ4v) is 4.65. The molecule has 0 bridgehead atoms. The smallest absolute Gasteiger partial charge is 0.252 e. The van der Waals surface area contributed by atoms with Gasteiger partial charge in [0.1, 0.15) is 0 Å². The third kappa shape index (κ3) is 3.34. The summed E-state index contributed by atoms with van der Waals surface area (Å²) in [4.78, 5) is 30.9. The summed E-state index contributed by atoms with van der Waals surface area (Å²) in [5.74, 6) is 0.185. The molecular formula is C18H24BrN3O2. The van der Waals surface area contributed by atoms with Gasteiger partial charge in [-0.1, -0.05) is 13.3 Å². The van der Waals surface area contributed by atoms with Gasteiger partial charge in [0.05, 0.1) is 5.56 Å². The minimum atomic E-state index is -0.0947. The first-order chi connectivity index (χ1) is 11.6. The molecule has 3 rings (SSSR count). The fourth-order valence-electron chi connectivity index (χ4n) is 4.28. The van der Waals surface area contributed by atoms with Crippen LogP contribution >= 0.6 is 15.9 Å². The summed E-state index contributed by atoms with van der Waals surface area (Å²) in [6.45, 7) is 3.58. The molecule has 2 atom stereocenters. The molecule has 6 heteroatoms. The van der Waals surface area contributed by atoms with Crippen LogP contribution in [0.1, 0.15) is 55.8 Å². The van der Waals surface area contributed by atoms with Crippen LogP contribution in [0.2, 0.25) is 0 Å². The lowest BCUT2D eigenvalue weighted by Gasteiger charge is -2.46. The molecule has 0 unspecified atom stereocenters. The molecule has 1 aliphatic carbocycles.